The van der Waals surface area contributed by atoms with Gasteiger partial charge in [0, 0.05) is 0 Å². The minimum atomic E-state index is -0.272. The van der Waals surface area contributed by atoms with E-state index in [4.69, 9.17) is 11.6 Å². The molecule has 1 amide bonds. The van der Waals surface area contributed by atoms with Gasteiger partial charge >= 0.3 is 0 Å². The number of hydrogen-bond acceptors (Lipinski definition) is 7. The normalized spacial score (nSPS) is 10.9. The van der Waals surface area contributed by atoms with E-state index in [1.807, 2.05) is 6.92 Å². The molecule has 0 fully saturated rings. The van der Waals surface area contributed by atoms with Crippen LogP contribution in [0.5, 0.6) is 0 Å². The zero-order valence-corrected chi connectivity index (χ0v) is 14.9. The third-order valence-corrected chi connectivity index (χ3v) is 5.41. The van der Waals surface area contributed by atoms with E-state index in [1.54, 1.807) is 24.3 Å². The number of halogens is 1. The Kier molecular flexibility index (Phi) is 5.12. The summed E-state index contributed by atoms with van der Waals surface area (Å²) in [5.74, 6) is -0.0616. The highest BCUT2D eigenvalue weighted by Crippen LogP contribution is 2.24. The van der Waals surface area contributed by atoms with E-state index in [2.05, 4.69) is 20.6 Å². The molecule has 10 heteroatoms. The number of nitrogens with zero attached hydrogens (tertiary/aromatic N) is 4. The van der Waals surface area contributed by atoms with Crippen LogP contribution in [0.15, 0.2) is 33.4 Å². The lowest BCUT2D eigenvalue weighted by molar-refractivity contribution is -0.113. The van der Waals surface area contributed by atoms with Crippen LogP contribution in [0, 0.1) is 0 Å². The number of thioether (sulfide) groups is 1. The Morgan fingerprint density at radius 1 is 1.38 bits per heavy atom. The molecule has 0 bridgehead atoms. The van der Waals surface area contributed by atoms with E-state index in [-0.39, 0.29) is 17.2 Å². The summed E-state index contributed by atoms with van der Waals surface area (Å²) in [4.78, 5) is 24.5. The average molecular weight is 382 g/mol. The summed E-state index contributed by atoms with van der Waals surface area (Å²) >= 11 is 8.44. The number of rotatable bonds is 5. The van der Waals surface area contributed by atoms with Gasteiger partial charge in [0.05, 0.1) is 16.5 Å². The minimum Gasteiger partial charge on any atom is -0.324 e. The Morgan fingerprint density at radius 3 is 2.92 bits per heavy atom. The first-order chi connectivity index (χ1) is 11.6. The van der Waals surface area contributed by atoms with Crippen molar-refractivity contribution < 1.29 is 4.79 Å². The zero-order chi connectivity index (χ0) is 17.1. The second-order valence-corrected chi connectivity index (χ2v) is 7.27. The van der Waals surface area contributed by atoms with Crippen molar-refractivity contribution >= 4 is 51.3 Å². The van der Waals surface area contributed by atoms with Crippen molar-refractivity contribution in [3.63, 3.8) is 0 Å². The lowest BCUT2D eigenvalue weighted by atomic mass is 10.3. The first kappa shape index (κ1) is 16.9. The van der Waals surface area contributed by atoms with Crippen LogP contribution in [0.3, 0.4) is 0 Å². The largest absolute Gasteiger partial charge is 0.324 e. The predicted octanol–water partition coefficient (Wildman–Crippen LogP) is 2.49. The van der Waals surface area contributed by atoms with Gasteiger partial charge < -0.3 is 5.32 Å². The Morgan fingerprint density at radius 2 is 2.17 bits per heavy atom. The molecule has 0 aliphatic carbocycles. The lowest BCUT2D eigenvalue weighted by Crippen LogP contribution is -2.21. The van der Waals surface area contributed by atoms with Crippen molar-refractivity contribution in [2.24, 2.45) is 0 Å². The Bertz CT molecular complexity index is 956. The van der Waals surface area contributed by atoms with Gasteiger partial charge in [0.25, 0.3) is 5.56 Å². The number of anilines is 1. The van der Waals surface area contributed by atoms with Crippen LogP contribution < -0.4 is 10.9 Å². The number of para-hydroxylation sites is 1. The fourth-order valence-corrected chi connectivity index (χ4v) is 3.74. The summed E-state index contributed by atoms with van der Waals surface area (Å²) in [7, 11) is 0. The number of carbonyl (C=O) groups excluding carboxylic acids is 1. The highest BCUT2D eigenvalue weighted by atomic mass is 35.5. The summed E-state index contributed by atoms with van der Waals surface area (Å²) in [6, 6.07) is 7.01. The summed E-state index contributed by atoms with van der Waals surface area (Å²) in [6.45, 7) is 1.83. The Balaban J connectivity index is 1.69. The van der Waals surface area contributed by atoms with Crippen LogP contribution in [0.2, 0.25) is 5.02 Å². The van der Waals surface area contributed by atoms with Crippen LogP contribution >= 0.6 is 34.7 Å². The average Bonchev–Trinajstić information content (AvgIpc) is 3.00. The molecule has 0 unspecified atom stereocenters. The predicted molar refractivity (Wildman–Crippen MR) is 95.1 cm³/mol. The van der Waals surface area contributed by atoms with E-state index in [0.717, 1.165) is 0 Å². The molecule has 0 spiro atoms. The van der Waals surface area contributed by atoms with Crippen molar-refractivity contribution in [3.05, 3.63) is 45.3 Å². The molecule has 1 N–H and O–H groups in total. The van der Waals surface area contributed by atoms with Crippen molar-refractivity contribution in [1.82, 2.24) is 19.8 Å². The number of hydrogen-bond donors (Lipinski definition) is 1. The van der Waals surface area contributed by atoms with Crippen LogP contribution in [0.25, 0.3) is 4.96 Å². The van der Waals surface area contributed by atoms with E-state index in [1.165, 1.54) is 27.6 Å². The molecule has 0 saturated heterocycles. The second kappa shape index (κ2) is 7.29. The van der Waals surface area contributed by atoms with E-state index < -0.39 is 0 Å². The Labute approximate surface area is 150 Å². The van der Waals surface area contributed by atoms with Gasteiger partial charge in [-0.2, -0.15) is 4.52 Å². The van der Waals surface area contributed by atoms with Crippen LogP contribution in [-0.2, 0) is 11.2 Å². The molecular weight excluding hydrogens is 370 g/mol. The van der Waals surface area contributed by atoms with Gasteiger partial charge in [0.1, 0.15) is 5.69 Å². The standard InChI is InChI=1S/C14H12ClN5O2S2/c1-2-9-12(22)20-13(18-17-9)24-14(19-20)23-7-11(21)16-10-6-4-3-5-8(10)15/h3-6H,2,7H2,1H3,(H,16,21). The van der Waals surface area contributed by atoms with Crippen molar-refractivity contribution in [2.45, 2.75) is 17.7 Å². The molecule has 7 nitrogen and oxygen atoms in total. The van der Waals surface area contributed by atoms with Gasteiger partial charge in [0.15, 0.2) is 4.34 Å². The molecule has 24 heavy (non-hydrogen) atoms. The van der Waals surface area contributed by atoms with E-state index >= 15 is 0 Å². The Hall–Kier alpha value is -1.97. The first-order valence-corrected chi connectivity index (χ1v) is 9.19. The van der Waals surface area contributed by atoms with Crippen LogP contribution in [0.1, 0.15) is 12.6 Å². The molecule has 2 heterocycles. The molecule has 0 atom stereocenters. The topological polar surface area (TPSA) is 89.2 Å². The first-order valence-electron chi connectivity index (χ1n) is 7.01. The smallest absolute Gasteiger partial charge is 0.297 e. The summed E-state index contributed by atoms with van der Waals surface area (Å²) in [5, 5.41) is 15.3. The number of aryl methyl sites for hydroxylation is 1. The third-order valence-electron chi connectivity index (χ3n) is 3.05. The molecule has 3 aromatic rings. The lowest BCUT2D eigenvalue weighted by Gasteiger charge is -2.05. The summed E-state index contributed by atoms with van der Waals surface area (Å²) < 4.78 is 1.80. The third kappa shape index (κ3) is 3.58. The molecule has 0 saturated carbocycles. The van der Waals surface area contributed by atoms with Gasteiger partial charge in [-0.25, -0.2) is 0 Å². The highest BCUT2D eigenvalue weighted by molar-refractivity contribution is 8.01. The van der Waals surface area contributed by atoms with E-state index in [9.17, 15) is 9.59 Å². The van der Waals surface area contributed by atoms with Crippen LogP contribution in [-0.4, -0.2) is 31.5 Å². The van der Waals surface area contributed by atoms with Gasteiger partial charge in [0.2, 0.25) is 10.9 Å². The second-order valence-electron chi connectivity index (χ2n) is 4.68. The minimum absolute atomic E-state index is 0.147. The SMILES string of the molecule is CCc1nnc2sc(SCC(=O)Nc3ccccc3Cl)nn2c1=O. The van der Waals surface area contributed by atoms with Crippen molar-refractivity contribution in [2.75, 3.05) is 11.1 Å². The molecule has 0 radical (unpaired) electrons. The van der Waals surface area contributed by atoms with Gasteiger partial charge in [-0.15, -0.1) is 15.3 Å². The van der Waals surface area contributed by atoms with Gasteiger partial charge in [-0.3, -0.25) is 9.59 Å². The quantitative estimate of drug-likeness (QED) is 0.683. The van der Waals surface area contributed by atoms with E-state index in [0.29, 0.717) is 32.1 Å². The maximum Gasteiger partial charge on any atom is 0.297 e. The fourth-order valence-electron chi connectivity index (χ4n) is 1.89. The summed E-state index contributed by atoms with van der Waals surface area (Å²) in [6.07, 6.45) is 0.495. The maximum absolute atomic E-state index is 12.1. The number of carbonyl (C=O) groups is 1. The van der Waals surface area contributed by atoms with Gasteiger partial charge in [-0.05, 0) is 18.6 Å². The number of nitrogens with one attached hydrogen (secondary N) is 1. The maximum atomic E-state index is 12.1. The zero-order valence-electron chi connectivity index (χ0n) is 12.5. The van der Waals surface area contributed by atoms with Crippen molar-refractivity contribution in [3.8, 4) is 0 Å². The number of amides is 1. The molecule has 0 aliphatic heterocycles. The number of fused-ring (bicyclic) bond motifs is 1. The monoisotopic (exact) mass is 381 g/mol. The van der Waals surface area contributed by atoms with Crippen LogP contribution in [0.4, 0.5) is 5.69 Å². The molecule has 2 aromatic heterocycles. The molecular formula is C14H12ClN5O2S2. The number of benzene rings is 1. The number of aromatic nitrogens is 4. The fraction of sp³-hybridized carbons (Fsp3) is 0.214. The van der Waals surface area contributed by atoms with Crippen molar-refractivity contribution in [1.29, 1.82) is 0 Å². The van der Waals surface area contributed by atoms with Gasteiger partial charge in [-0.1, -0.05) is 53.8 Å². The molecule has 3 rings (SSSR count). The highest BCUT2D eigenvalue weighted by Gasteiger charge is 2.13. The molecule has 124 valence electrons. The summed E-state index contributed by atoms with van der Waals surface area (Å²) in [5.41, 5.74) is 0.653. The molecule has 0 aliphatic rings. The molecule has 1 aromatic carbocycles.